The molecule has 132 valence electrons. The number of methoxy groups -OCH3 is 2. The topological polar surface area (TPSA) is 73.8 Å². The Balaban J connectivity index is 2.24. The molecule has 0 aliphatic carbocycles. The van der Waals surface area contributed by atoms with Crippen molar-refractivity contribution >= 4 is 23.4 Å². The first-order valence-corrected chi connectivity index (χ1v) is 7.72. The first-order valence-electron chi connectivity index (χ1n) is 7.34. The summed E-state index contributed by atoms with van der Waals surface area (Å²) in [4.78, 5) is 22.4. The number of anilines is 1. The minimum Gasteiger partial charge on any atom is -0.492 e. The van der Waals surface area contributed by atoms with Crippen molar-refractivity contribution in [1.29, 1.82) is 0 Å². The molecule has 0 saturated carbocycles. The molecule has 0 radical (unpaired) electrons. The standard InChI is InChI=1S/C16H15ClFN3O4/c1-21-6-7-25-13-11(16(22)24-3)19-14(20-15(13)21)8-4-5-9(17)12(23-2)10(8)18/h4-5H,6-7H2,1-3H3. The number of carbonyl (C=O) groups is 1. The van der Waals surface area contributed by atoms with Crippen molar-refractivity contribution in [3.8, 4) is 22.9 Å². The Hall–Kier alpha value is -2.61. The quantitative estimate of drug-likeness (QED) is 0.772. The van der Waals surface area contributed by atoms with E-state index >= 15 is 0 Å². The highest BCUT2D eigenvalue weighted by Gasteiger charge is 2.29. The first-order chi connectivity index (χ1) is 12.0. The van der Waals surface area contributed by atoms with Crippen LogP contribution in [0.1, 0.15) is 10.5 Å². The van der Waals surface area contributed by atoms with Gasteiger partial charge in [-0.05, 0) is 12.1 Å². The van der Waals surface area contributed by atoms with E-state index in [2.05, 4.69) is 9.97 Å². The van der Waals surface area contributed by atoms with Gasteiger partial charge in [0.2, 0.25) is 0 Å². The van der Waals surface area contributed by atoms with Crippen molar-refractivity contribution in [2.24, 2.45) is 0 Å². The van der Waals surface area contributed by atoms with Crippen molar-refractivity contribution in [2.45, 2.75) is 0 Å². The van der Waals surface area contributed by atoms with E-state index in [0.29, 0.717) is 19.0 Å². The normalized spacial score (nSPS) is 13.1. The number of nitrogens with zero attached hydrogens (tertiary/aromatic N) is 3. The molecule has 1 aliphatic heterocycles. The third-order valence-electron chi connectivity index (χ3n) is 3.76. The maximum atomic E-state index is 14.7. The van der Waals surface area contributed by atoms with E-state index in [-0.39, 0.29) is 33.6 Å². The summed E-state index contributed by atoms with van der Waals surface area (Å²) in [5, 5.41) is 0.121. The molecule has 1 aromatic heterocycles. The second-order valence-corrected chi connectivity index (χ2v) is 5.66. The number of esters is 1. The predicted octanol–water partition coefficient (Wildman–Crippen LogP) is 2.56. The molecule has 0 spiro atoms. The third kappa shape index (κ3) is 2.93. The van der Waals surface area contributed by atoms with Gasteiger partial charge >= 0.3 is 5.97 Å². The molecule has 2 aromatic rings. The maximum Gasteiger partial charge on any atom is 0.360 e. The van der Waals surface area contributed by atoms with Crippen LogP contribution in [0.25, 0.3) is 11.4 Å². The smallest absolute Gasteiger partial charge is 0.360 e. The van der Waals surface area contributed by atoms with Crippen LogP contribution in [0.3, 0.4) is 0 Å². The van der Waals surface area contributed by atoms with Crippen LogP contribution < -0.4 is 14.4 Å². The molecular formula is C16H15ClFN3O4. The Kier molecular flexibility index (Phi) is 4.63. The molecule has 0 N–H and O–H groups in total. The highest BCUT2D eigenvalue weighted by molar-refractivity contribution is 6.32. The molecule has 1 aliphatic rings. The predicted molar refractivity (Wildman–Crippen MR) is 89.1 cm³/mol. The lowest BCUT2D eigenvalue weighted by molar-refractivity contribution is 0.0588. The molecule has 0 unspecified atom stereocenters. The minimum absolute atomic E-state index is 0.00367. The summed E-state index contributed by atoms with van der Waals surface area (Å²) in [6, 6.07) is 2.90. The molecule has 0 saturated heterocycles. The molecule has 9 heteroatoms. The summed E-state index contributed by atoms with van der Waals surface area (Å²) < 4.78 is 30.0. The SMILES string of the molecule is COC(=O)c1nc(-c2ccc(Cl)c(OC)c2F)nc2c1OCCN2C. The second kappa shape index (κ2) is 6.72. The number of rotatable bonds is 3. The zero-order chi connectivity index (χ0) is 18.1. The molecule has 7 nitrogen and oxygen atoms in total. The van der Waals surface area contributed by atoms with E-state index in [1.807, 2.05) is 0 Å². The number of hydrogen-bond donors (Lipinski definition) is 0. The van der Waals surface area contributed by atoms with Crippen molar-refractivity contribution < 1.29 is 23.4 Å². The van der Waals surface area contributed by atoms with E-state index in [0.717, 1.165) is 0 Å². The summed E-state index contributed by atoms with van der Waals surface area (Å²) in [7, 11) is 4.33. The number of ether oxygens (including phenoxy) is 3. The summed E-state index contributed by atoms with van der Waals surface area (Å²) in [6.45, 7) is 0.940. The lowest BCUT2D eigenvalue weighted by Gasteiger charge is -2.27. The number of fused-ring (bicyclic) bond motifs is 1. The number of benzene rings is 1. The van der Waals surface area contributed by atoms with Crippen LogP contribution in [-0.2, 0) is 4.74 Å². The highest BCUT2D eigenvalue weighted by atomic mass is 35.5. The van der Waals surface area contributed by atoms with E-state index in [1.54, 1.807) is 11.9 Å². The average molecular weight is 368 g/mol. The summed E-state index contributed by atoms with van der Waals surface area (Å²) in [5.74, 6) is -0.939. The van der Waals surface area contributed by atoms with Gasteiger partial charge in [-0.25, -0.2) is 19.2 Å². The zero-order valence-electron chi connectivity index (χ0n) is 13.8. The number of hydrogen-bond acceptors (Lipinski definition) is 7. The van der Waals surface area contributed by atoms with Crippen LogP contribution >= 0.6 is 11.6 Å². The van der Waals surface area contributed by atoms with Gasteiger partial charge in [-0.1, -0.05) is 11.6 Å². The fourth-order valence-electron chi connectivity index (χ4n) is 2.47. The van der Waals surface area contributed by atoms with Crippen LogP contribution in [0.4, 0.5) is 10.2 Å². The van der Waals surface area contributed by atoms with Crippen LogP contribution in [0, 0.1) is 5.82 Å². The summed E-state index contributed by atoms with van der Waals surface area (Å²) in [6.07, 6.45) is 0. The Morgan fingerprint density at radius 1 is 1.36 bits per heavy atom. The lowest BCUT2D eigenvalue weighted by Crippen LogP contribution is -2.31. The molecule has 1 aromatic carbocycles. The number of aromatic nitrogens is 2. The van der Waals surface area contributed by atoms with Gasteiger partial charge in [-0.3, -0.25) is 0 Å². The second-order valence-electron chi connectivity index (χ2n) is 5.25. The van der Waals surface area contributed by atoms with Gasteiger partial charge in [0.05, 0.1) is 31.4 Å². The fraction of sp³-hybridized carbons (Fsp3) is 0.312. The molecule has 2 heterocycles. The van der Waals surface area contributed by atoms with Crippen LogP contribution in [0.15, 0.2) is 12.1 Å². The number of halogens is 2. The first kappa shape index (κ1) is 17.2. The molecular weight excluding hydrogens is 353 g/mol. The molecule has 0 fully saturated rings. The molecule has 25 heavy (non-hydrogen) atoms. The van der Waals surface area contributed by atoms with Gasteiger partial charge in [0.15, 0.2) is 34.7 Å². The van der Waals surface area contributed by atoms with Crippen molar-refractivity contribution in [2.75, 3.05) is 39.3 Å². The van der Waals surface area contributed by atoms with Gasteiger partial charge < -0.3 is 19.1 Å². The van der Waals surface area contributed by atoms with Crippen molar-refractivity contribution in [3.63, 3.8) is 0 Å². The van der Waals surface area contributed by atoms with Gasteiger partial charge in [0, 0.05) is 7.05 Å². The summed E-state index contributed by atoms with van der Waals surface area (Å²) in [5.41, 5.74) is -0.0180. The Morgan fingerprint density at radius 2 is 2.12 bits per heavy atom. The van der Waals surface area contributed by atoms with Gasteiger partial charge in [-0.15, -0.1) is 0 Å². The molecule has 3 rings (SSSR count). The highest BCUT2D eigenvalue weighted by Crippen LogP contribution is 2.37. The van der Waals surface area contributed by atoms with Gasteiger partial charge in [-0.2, -0.15) is 0 Å². The number of likely N-dealkylation sites (N-methyl/N-ethyl adjacent to an activating group) is 1. The van der Waals surface area contributed by atoms with E-state index in [1.165, 1.54) is 26.4 Å². The third-order valence-corrected chi connectivity index (χ3v) is 4.05. The molecule has 0 bridgehead atoms. The monoisotopic (exact) mass is 367 g/mol. The van der Waals surface area contributed by atoms with Crippen LogP contribution in [0.5, 0.6) is 11.5 Å². The van der Waals surface area contributed by atoms with Crippen molar-refractivity contribution in [3.05, 3.63) is 28.7 Å². The Labute approximate surface area is 148 Å². The maximum absolute atomic E-state index is 14.7. The fourth-order valence-corrected chi connectivity index (χ4v) is 2.69. The Morgan fingerprint density at radius 3 is 2.80 bits per heavy atom. The number of carbonyl (C=O) groups excluding carboxylic acids is 1. The van der Waals surface area contributed by atoms with Gasteiger partial charge in [0.25, 0.3) is 0 Å². The van der Waals surface area contributed by atoms with Crippen molar-refractivity contribution in [1.82, 2.24) is 9.97 Å². The zero-order valence-corrected chi connectivity index (χ0v) is 14.6. The molecule has 0 amide bonds. The van der Waals surface area contributed by atoms with E-state index in [4.69, 9.17) is 25.8 Å². The minimum atomic E-state index is -0.717. The Bertz CT molecular complexity index is 847. The van der Waals surface area contributed by atoms with E-state index in [9.17, 15) is 9.18 Å². The lowest BCUT2D eigenvalue weighted by atomic mass is 10.1. The van der Waals surface area contributed by atoms with Crippen LogP contribution in [0.2, 0.25) is 5.02 Å². The average Bonchev–Trinajstić information content (AvgIpc) is 2.61. The summed E-state index contributed by atoms with van der Waals surface area (Å²) >= 11 is 5.92. The van der Waals surface area contributed by atoms with Crippen LogP contribution in [-0.4, -0.2) is 50.4 Å². The van der Waals surface area contributed by atoms with Gasteiger partial charge in [0.1, 0.15) is 6.61 Å². The molecule has 0 atom stereocenters. The largest absolute Gasteiger partial charge is 0.492 e. The van der Waals surface area contributed by atoms with E-state index < -0.39 is 11.8 Å².